The maximum absolute atomic E-state index is 10.7. The maximum atomic E-state index is 10.7. The molecular weight excluding hydrogens is 244 g/mol. The molecule has 0 amide bonds. The second kappa shape index (κ2) is 6.61. The third kappa shape index (κ3) is 4.29. The lowest BCUT2D eigenvalue weighted by atomic mass is 10.0. The first-order valence-corrected chi connectivity index (χ1v) is 5.92. The van der Waals surface area contributed by atoms with Gasteiger partial charge in [-0.2, -0.15) is 12.6 Å². The zero-order chi connectivity index (χ0) is 12.0. The molecule has 4 heteroatoms. The monoisotopic (exact) mass is 256 g/mol. The highest BCUT2D eigenvalue weighted by atomic mass is 35.5. The van der Waals surface area contributed by atoms with E-state index in [9.17, 15) is 4.79 Å². The molecule has 16 heavy (non-hydrogen) atoms. The molecular formula is C12H13ClO2S. The molecule has 0 heterocycles. The van der Waals surface area contributed by atoms with E-state index in [2.05, 4.69) is 12.6 Å². The molecule has 1 rings (SSSR count). The first kappa shape index (κ1) is 13.1. The number of benzene rings is 1. The summed E-state index contributed by atoms with van der Waals surface area (Å²) in [7, 11) is 0. The number of allylic oxidation sites excluding steroid dienone is 1. The van der Waals surface area contributed by atoms with Crippen molar-refractivity contribution in [2.75, 3.05) is 5.75 Å². The molecule has 0 atom stereocenters. The highest BCUT2D eigenvalue weighted by Crippen LogP contribution is 2.18. The molecule has 0 radical (unpaired) electrons. The number of carboxylic acids is 1. The lowest BCUT2D eigenvalue weighted by molar-refractivity contribution is -0.136. The van der Waals surface area contributed by atoms with E-state index >= 15 is 0 Å². The second-order valence-electron chi connectivity index (χ2n) is 3.33. The van der Waals surface area contributed by atoms with Crippen molar-refractivity contribution in [3.63, 3.8) is 0 Å². The SMILES string of the molecule is O=C(O)Cc1ccc(Cl)cc1C=CCCS. The van der Waals surface area contributed by atoms with Crippen LogP contribution in [0.4, 0.5) is 0 Å². The highest BCUT2D eigenvalue weighted by molar-refractivity contribution is 7.80. The number of aliphatic carboxylic acids is 1. The number of carbonyl (C=O) groups is 1. The molecule has 0 aliphatic heterocycles. The zero-order valence-corrected chi connectivity index (χ0v) is 10.3. The van der Waals surface area contributed by atoms with Crippen molar-refractivity contribution < 1.29 is 9.90 Å². The summed E-state index contributed by atoms with van der Waals surface area (Å²) in [5.74, 6) is -0.0723. The number of rotatable bonds is 5. The van der Waals surface area contributed by atoms with Crippen molar-refractivity contribution in [3.05, 3.63) is 40.4 Å². The number of carboxylic acid groups (broad SMARTS) is 1. The average molecular weight is 257 g/mol. The summed E-state index contributed by atoms with van der Waals surface area (Å²) in [5.41, 5.74) is 1.63. The smallest absolute Gasteiger partial charge is 0.307 e. The van der Waals surface area contributed by atoms with Crippen LogP contribution in [-0.2, 0) is 11.2 Å². The third-order valence-electron chi connectivity index (χ3n) is 2.04. The fourth-order valence-electron chi connectivity index (χ4n) is 1.33. The number of hydrogen-bond acceptors (Lipinski definition) is 2. The van der Waals surface area contributed by atoms with Crippen molar-refractivity contribution in [2.45, 2.75) is 12.8 Å². The van der Waals surface area contributed by atoms with Gasteiger partial charge in [0.2, 0.25) is 0 Å². The fourth-order valence-corrected chi connectivity index (χ4v) is 1.66. The Balaban J connectivity index is 2.93. The molecule has 1 aromatic carbocycles. The molecule has 0 saturated carbocycles. The quantitative estimate of drug-likeness (QED) is 0.794. The van der Waals surface area contributed by atoms with Gasteiger partial charge in [-0.3, -0.25) is 4.79 Å². The van der Waals surface area contributed by atoms with Crippen molar-refractivity contribution in [3.8, 4) is 0 Å². The van der Waals surface area contributed by atoms with Crippen LogP contribution in [0.1, 0.15) is 17.5 Å². The first-order chi connectivity index (χ1) is 7.63. The van der Waals surface area contributed by atoms with Gasteiger partial charge in [-0.25, -0.2) is 0 Å². The molecule has 1 aromatic rings. The van der Waals surface area contributed by atoms with E-state index in [0.717, 1.165) is 23.3 Å². The highest BCUT2D eigenvalue weighted by Gasteiger charge is 2.05. The molecule has 0 fully saturated rings. The number of hydrogen-bond donors (Lipinski definition) is 2. The van der Waals surface area contributed by atoms with E-state index in [1.54, 1.807) is 18.2 Å². The fraction of sp³-hybridized carbons (Fsp3) is 0.250. The maximum Gasteiger partial charge on any atom is 0.307 e. The predicted octanol–water partition coefficient (Wildman–Crippen LogP) is 3.30. The van der Waals surface area contributed by atoms with Gasteiger partial charge in [-0.05, 0) is 35.4 Å². The van der Waals surface area contributed by atoms with Crippen LogP contribution in [0.25, 0.3) is 6.08 Å². The summed E-state index contributed by atoms with van der Waals surface area (Å²) in [4.78, 5) is 10.7. The Hall–Kier alpha value is -0.930. The van der Waals surface area contributed by atoms with Crippen LogP contribution in [0.5, 0.6) is 0 Å². The topological polar surface area (TPSA) is 37.3 Å². The van der Waals surface area contributed by atoms with Crippen LogP contribution in [0, 0.1) is 0 Å². The van der Waals surface area contributed by atoms with Crippen LogP contribution in [0.15, 0.2) is 24.3 Å². The minimum absolute atomic E-state index is 0.0116. The van der Waals surface area contributed by atoms with Crippen molar-refractivity contribution in [1.29, 1.82) is 0 Å². The first-order valence-electron chi connectivity index (χ1n) is 4.91. The van der Waals surface area contributed by atoms with Crippen molar-refractivity contribution >= 4 is 36.3 Å². The minimum Gasteiger partial charge on any atom is -0.481 e. The van der Waals surface area contributed by atoms with E-state index in [-0.39, 0.29) is 6.42 Å². The summed E-state index contributed by atoms with van der Waals surface area (Å²) in [6, 6.07) is 5.22. The van der Waals surface area contributed by atoms with Gasteiger partial charge in [0.1, 0.15) is 0 Å². The van der Waals surface area contributed by atoms with Crippen LogP contribution in [0.3, 0.4) is 0 Å². The van der Waals surface area contributed by atoms with Crippen LogP contribution >= 0.6 is 24.2 Å². The van der Waals surface area contributed by atoms with Gasteiger partial charge < -0.3 is 5.11 Å². The standard InChI is InChI=1S/C12H13ClO2S/c13-11-5-4-10(8-12(14)15)9(7-11)3-1-2-6-16/h1,3-5,7,16H,2,6,8H2,(H,14,15). The summed E-state index contributed by atoms with van der Waals surface area (Å²) in [6.45, 7) is 0. The Bertz CT molecular complexity index is 402. The Labute approximate surface area is 105 Å². The molecule has 0 aliphatic carbocycles. The Morgan fingerprint density at radius 1 is 1.50 bits per heavy atom. The normalized spacial score (nSPS) is 10.9. The van der Waals surface area contributed by atoms with Gasteiger partial charge >= 0.3 is 5.97 Å². The molecule has 2 nitrogen and oxygen atoms in total. The van der Waals surface area contributed by atoms with Gasteiger partial charge in [-0.15, -0.1) is 0 Å². The molecule has 0 bridgehead atoms. The van der Waals surface area contributed by atoms with Crippen molar-refractivity contribution in [1.82, 2.24) is 0 Å². The van der Waals surface area contributed by atoms with Gasteiger partial charge in [0.15, 0.2) is 0 Å². The summed E-state index contributed by atoms with van der Waals surface area (Å²) in [5, 5.41) is 9.37. The number of halogens is 1. The molecule has 86 valence electrons. The molecule has 0 saturated heterocycles. The summed E-state index contributed by atoms with van der Waals surface area (Å²) < 4.78 is 0. The average Bonchev–Trinajstić information content (AvgIpc) is 2.22. The van der Waals surface area contributed by atoms with Gasteiger partial charge in [0, 0.05) is 5.02 Å². The van der Waals surface area contributed by atoms with E-state index in [1.165, 1.54) is 0 Å². The molecule has 0 spiro atoms. The predicted molar refractivity (Wildman–Crippen MR) is 70.3 cm³/mol. The van der Waals surface area contributed by atoms with E-state index in [0.29, 0.717) is 5.02 Å². The number of thiol groups is 1. The molecule has 0 aromatic heterocycles. The minimum atomic E-state index is -0.842. The Morgan fingerprint density at radius 3 is 2.88 bits per heavy atom. The molecule has 0 unspecified atom stereocenters. The van der Waals surface area contributed by atoms with Gasteiger partial charge in [-0.1, -0.05) is 29.8 Å². The molecule has 0 aliphatic rings. The molecule has 1 N–H and O–H groups in total. The van der Waals surface area contributed by atoms with Crippen molar-refractivity contribution in [2.24, 2.45) is 0 Å². The largest absolute Gasteiger partial charge is 0.481 e. The lowest BCUT2D eigenvalue weighted by Gasteiger charge is -2.04. The van der Waals surface area contributed by atoms with Crippen LogP contribution in [0.2, 0.25) is 5.02 Å². The third-order valence-corrected chi connectivity index (χ3v) is 2.54. The lowest BCUT2D eigenvalue weighted by Crippen LogP contribution is -2.01. The summed E-state index contributed by atoms with van der Waals surface area (Å²) in [6.07, 6.45) is 4.71. The Morgan fingerprint density at radius 2 is 2.25 bits per heavy atom. The van der Waals surface area contributed by atoms with Crippen LogP contribution < -0.4 is 0 Å². The van der Waals surface area contributed by atoms with E-state index in [1.807, 2.05) is 12.2 Å². The Kier molecular flexibility index (Phi) is 5.43. The summed E-state index contributed by atoms with van der Waals surface area (Å²) >= 11 is 9.97. The van der Waals surface area contributed by atoms with E-state index < -0.39 is 5.97 Å². The zero-order valence-electron chi connectivity index (χ0n) is 8.69. The van der Waals surface area contributed by atoms with Gasteiger partial charge in [0.05, 0.1) is 6.42 Å². The van der Waals surface area contributed by atoms with E-state index in [4.69, 9.17) is 16.7 Å². The second-order valence-corrected chi connectivity index (χ2v) is 4.21. The van der Waals surface area contributed by atoms with Gasteiger partial charge in [0.25, 0.3) is 0 Å². The van der Waals surface area contributed by atoms with Crippen LogP contribution in [-0.4, -0.2) is 16.8 Å².